The SMILES string of the molecule is CCC(O)CCOCCOc1cc(C)c(-c2cccc(COc3ccc4c(c3)OCC4CC(=O)O)c2)c(C)c1. The summed E-state index contributed by atoms with van der Waals surface area (Å²) in [6.45, 7) is 8.39. The number of aryl methyl sites for hydroxylation is 2. The maximum absolute atomic E-state index is 11.1. The number of benzene rings is 3. The van der Waals surface area contributed by atoms with Gasteiger partial charge in [0.05, 0.1) is 25.7 Å². The molecule has 4 rings (SSSR count). The summed E-state index contributed by atoms with van der Waals surface area (Å²) < 4.78 is 23.2. The molecule has 208 valence electrons. The van der Waals surface area contributed by atoms with Gasteiger partial charge in [0.1, 0.15) is 30.5 Å². The van der Waals surface area contributed by atoms with Gasteiger partial charge in [0, 0.05) is 24.2 Å². The maximum Gasteiger partial charge on any atom is 0.304 e. The quantitative estimate of drug-likeness (QED) is 0.243. The van der Waals surface area contributed by atoms with Crippen molar-refractivity contribution in [3.05, 3.63) is 76.9 Å². The van der Waals surface area contributed by atoms with Crippen LogP contribution in [0.2, 0.25) is 0 Å². The van der Waals surface area contributed by atoms with Crippen molar-refractivity contribution in [2.75, 3.05) is 26.4 Å². The van der Waals surface area contributed by atoms with Crippen LogP contribution in [0.5, 0.6) is 17.2 Å². The fourth-order valence-corrected chi connectivity index (χ4v) is 4.92. The zero-order valence-corrected chi connectivity index (χ0v) is 22.9. The molecule has 0 aromatic heterocycles. The number of aliphatic hydroxyl groups is 1. The Labute approximate surface area is 230 Å². The average molecular weight is 535 g/mol. The van der Waals surface area contributed by atoms with E-state index in [9.17, 15) is 9.90 Å². The van der Waals surface area contributed by atoms with Gasteiger partial charge in [-0.3, -0.25) is 4.79 Å². The lowest BCUT2D eigenvalue weighted by molar-refractivity contribution is -0.137. The predicted molar refractivity (Wildman–Crippen MR) is 150 cm³/mol. The number of carboxylic acids is 1. The summed E-state index contributed by atoms with van der Waals surface area (Å²) in [7, 11) is 0. The number of hydrogen-bond donors (Lipinski definition) is 2. The van der Waals surface area contributed by atoms with Crippen molar-refractivity contribution in [2.24, 2.45) is 0 Å². The molecule has 0 spiro atoms. The fraction of sp³-hybridized carbons (Fsp3) is 0.406. The van der Waals surface area contributed by atoms with Crippen molar-refractivity contribution in [3.8, 4) is 28.4 Å². The Morgan fingerprint density at radius 3 is 2.54 bits per heavy atom. The molecule has 0 bridgehead atoms. The van der Waals surface area contributed by atoms with Crippen LogP contribution in [0.1, 0.15) is 54.4 Å². The molecule has 0 aliphatic carbocycles. The van der Waals surface area contributed by atoms with E-state index in [1.54, 1.807) is 0 Å². The highest BCUT2D eigenvalue weighted by molar-refractivity contribution is 5.72. The van der Waals surface area contributed by atoms with Crippen LogP contribution in [0.3, 0.4) is 0 Å². The normalized spacial score (nSPS) is 14.9. The third-order valence-corrected chi connectivity index (χ3v) is 6.98. The summed E-state index contributed by atoms with van der Waals surface area (Å²) in [5.41, 5.74) is 6.50. The van der Waals surface area contributed by atoms with Crippen LogP contribution < -0.4 is 14.2 Å². The van der Waals surface area contributed by atoms with Gasteiger partial charge in [-0.1, -0.05) is 31.2 Å². The molecule has 0 fully saturated rings. The predicted octanol–water partition coefficient (Wildman–Crippen LogP) is 6.06. The van der Waals surface area contributed by atoms with Gasteiger partial charge in [-0.2, -0.15) is 0 Å². The second-order valence-corrected chi connectivity index (χ2v) is 10.0. The van der Waals surface area contributed by atoms with Crippen LogP contribution in [0.15, 0.2) is 54.6 Å². The lowest BCUT2D eigenvalue weighted by Gasteiger charge is -2.15. The molecule has 3 aromatic carbocycles. The number of carbonyl (C=O) groups is 1. The molecule has 3 aromatic rings. The molecule has 0 saturated carbocycles. The Kier molecular flexibility index (Phi) is 9.85. The molecular weight excluding hydrogens is 496 g/mol. The van der Waals surface area contributed by atoms with Crippen molar-refractivity contribution in [1.82, 2.24) is 0 Å². The minimum atomic E-state index is -0.825. The fourth-order valence-electron chi connectivity index (χ4n) is 4.92. The first-order valence-electron chi connectivity index (χ1n) is 13.5. The van der Waals surface area contributed by atoms with Gasteiger partial charge in [0.25, 0.3) is 0 Å². The molecule has 2 atom stereocenters. The van der Waals surface area contributed by atoms with Crippen LogP contribution in [0.25, 0.3) is 11.1 Å². The molecule has 1 aliphatic heterocycles. The summed E-state index contributed by atoms with van der Waals surface area (Å²) in [4.78, 5) is 11.1. The molecule has 0 saturated heterocycles. The summed E-state index contributed by atoms with van der Waals surface area (Å²) >= 11 is 0. The van der Waals surface area contributed by atoms with Crippen LogP contribution >= 0.6 is 0 Å². The Morgan fingerprint density at radius 2 is 1.79 bits per heavy atom. The Hall–Kier alpha value is -3.55. The summed E-state index contributed by atoms with van der Waals surface area (Å²) in [5.74, 6) is 1.26. The number of aliphatic hydroxyl groups excluding tert-OH is 1. The lowest BCUT2D eigenvalue weighted by Crippen LogP contribution is -2.12. The number of rotatable bonds is 14. The number of fused-ring (bicyclic) bond motifs is 1. The van der Waals surface area contributed by atoms with E-state index in [2.05, 4.69) is 38.1 Å². The Balaban J connectivity index is 1.34. The lowest BCUT2D eigenvalue weighted by atomic mass is 9.94. The monoisotopic (exact) mass is 534 g/mol. The molecule has 0 amide bonds. The number of aliphatic carboxylic acids is 1. The van der Waals surface area contributed by atoms with Crippen molar-refractivity contribution in [1.29, 1.82) is 0 Å². The van der Waals surface area contributed by atoms with E-state index in [4.69, 9.17) is 24.1 Å². The molecule has 2 N–H and O–H groups in total. The average Bonchev–Trinajstić information content (AvgIpc) is 3.30. The molecule has 0 radical (unpaired) electrons. The topological polar surface area (TPSA) is 94.5 Å². The van der Waals surface area contributed by atoms with Crippen molar-refractivity contribution in [2.45, 2.75) is 58.7 Å². The number of hydrogen-bond acceptors (Lipinski definition) is 6. The van der Waals surface area contributed by atoms with Crippen LogP contribution in [0, 0.1) is 13.8 Å². The molecule has 7 heteroatoms. The van der Waals surface area contributed by atoms with Crippen molar-refractivity contribution in [3.63, 3.8) is 0 Å². The summed E-state index contributed by atoms with van der Waals surface area (Å²) in [6.07, 6.45) is 1.14. The van der Waals surface area contributed by atoms with Crippen molar-refractivity contribution < 1.29 is 34.0 Å². The maximum atomic E-state index is 11.1. The molecule has 2 unspecified atom stereocenters. The van der Waals surface area contributed by atoms with E-state index in [1.807, 2.05) is 37.3 Å². The number of ether oxygens (including phenoxy) is 4. The van der Waals surface area contributed by atoms with Gasteiger partial charge in [-0.05, 0) is 78.8 Å². The zero-order chi connectivity index (χ0) is 27.8. The Morgan fingerprint density at radius 1 is 1.00 bits per heavy atom. The van der Waals surface area contributed by atoms with Crippen LogP contribution in [-0.4, -0.2) is 48.7 Å². The van der Waals surface area contributed by atoms with E-state index >= 15 is 0 Å². The van der Waals surface area contributed by atoms with Crippen LogP contribution in [-0.2, 0) is 16.1 Å². The minimum absolute atomic E-state index is 0.0608. The van der Waals surface area contributed by atoms with E-state index in [0.29, 0.717) is 51.0 Å². The van der Waals surface area contributed by atoms with Crippen LogP contribution in [0.4, 0.5) is 0 Å². The summed E-state index contributed by atoms with van der Waals surface area (Å²) in [6, 6.07) is 18.0. The van der Waals surface area contributed by atoms with Gasteiger partial charge in [0.2, 0.25) is 0 Å². The second kappa shape index (κ2) is 13.5. The van der Waals surface area contributed by atoms with Gasteiger partial charge >= 0.3 is 5.97 Å². The smallest absolute Gasteiger partial charge is 0.304 e. The van der Waals surface area contributed by atoms with Gasteiger partial charge in [0.15, 0.2) is 0 Å². The third-order valence-electron chi connectivity index (χ3n) is 6.98. The Bertz CT molecular complexity index is 1250. The summed E-state index contributed by atoms with van der Waals surface area (Å²) in [5, 5.41) is 18.7. The second-order valence-electron chi connectivity index (χ2n) is 10.0. The highest BCUT2D eigenvalue weighted by Crippen LogP contribution is 2.38. The van der Waals surface area contributed by atoms with E-state index < -0.39 is 5.97 Å². The highest BCUT2D eigenvalue weighted by atomic mass is 16.5. The van der Waals surface area contributed by atoms with E-state index in [1.165, 1.54) is 5.56 Å². The first-order chi connectivity index (χ1) is 18.8. The molecule has 39 heavy (non-hydrogen) atoms. The van der Waals surface area contributed by atoms with Crippen molar-refractivity contribution >= 4 is 5.97 Å². The molecule has 1 aliphatic rings. The van der Waals surface area contributed by atoms with Gasteiger partial charge < -0.3 is 29.2 Å². The van der Waals surface area contributed by atoms with Gasteiger partial charge in [-0.25, -0.2) is 0 Å². The van der Waals surface area contributed by atoms with Gasteiger partial charge in [-0.15, -0.1) is 0 Å². The molecule has 7 nitrogen and oxygen atoms in total. The zero-order valence-electron chi connectivity index (χ0n) is 22.9. The molecular formula is C32H38O7. The standard InChI is InChI=1S/C32H38O7/c1-4-26(33)10-11-36-12-13-37-28-14-21(2)32(22(3)15-28)24-7-5-6-23(16-24)19-38-27-8-9-29-25(17-31(34)35)20-39-30(29)18-27/h5-9,14-16,18,25-26,33H,4,10-13,17,19-20H2,1-3H3,(H,34,35). The minimum Gasteiger partial charge on any atom is -0.492 e. The van der Waals surface area contributed by atoms with E-state index in [0.717, 1.165) is 40.0 Å². The third kappa shape index (κ3) is 7.74. The number of carboxylic acid groups (broad SMARTS) is 1. The van der Waals surface area contributed by atoms with E-state index in [-0.39, 0.29) is 18.4 Å². The first kappa shape index (κ1) is 28.5. The first-order valence-corrected chi connectivity index (χ1v) is 13.5. The largest absolute Gasteiger partial charge is 0.492 e. The molecule has 1 heterocycles. The highest BCUT2D eigenvalue weighted by Gasteiger charge is 2.26.